The molecule has 1 rings (SSSR count). The lowest BCUT2D eigenvalue weighted by atomic mass is 9.99. The van der Waals surface area contributed by atoms with Crippen molar-refractivity contribution < 1.29 is 19.1 Å². The lowest BCUT2D eigenvalue weighted by molar-refractivity contribution is -0.164. The van der Waals surface area contributed by atoms with Crippen LogP contribution in [0.15, 0.2) is 12.2 Å². The lowest BCUT2D eigenvalue weighted by Gasteiger charge is -2.28. The summed E-state index contributed by atoms with van der Waals surface area (Å²) in [6.45, 7) is 9.58. The van der Waals surface area contributed by atoms with Crippen LogP contribution in [0.2, 0.25) is 0 Å². The molecule has 0 N–H and O–H groups in total. The largest absolute Gasteiger partial charge is 0.458 e. The molecule has 1 saturated heterocycles. The maximum absolute atomic E-state index is 12.7. The molecule has 0 saturated carbocycles. The number of Topliss-reactive ketones (excluding diaryl/α,β-unsaturated/α-hetero) is 1. The van der Waals surface area contributed by atoms with Gasteiger partial charge < -0.3 is 9.64 Å². The molecule has 0 aromatic heterocycles. The van der Waals surface area contributed by atoms with Gasteiger partial charge in [-0.2, -0.15) is 0 Å². The van der Waals surface area contributed by atoms with Gasteiger partial charge in [-0.25, -0.2) is 4.79 Å². The lowest BCUT2D eigenvalue weighted by Crippen LogP contribution is -2.46. The summed E-state index contributed by atoms with van der Waals surface area (Å²) in [5, 5.41) is 0. The molecule has 1 amide bonds. The first-order chi connectivity index (χ1) is 11.7. The third-order valence-corrected chi connectivity index (χ3v) is 4.35. The van der Waals surface area contributed by atoms with Gasteiger partial charge in [-0.15, -0.1) is 0 Å². The number of ketones is 1. The summed E-state index contributed by atoms with van der Waals surface area (Å²) in [5.74, 6) is -1.35. The number of hydrogen-bond donors (Lipinski definition) is 0. The van der Waals surface area contributed by atoms with Gasteiger partial charge in [0, 0.05) is 13.0 Å². The Morgan fingerprint density at radius 3 is 2.52 bits per heavy atom. The van der Waals surface area contributed by atoms with Crippen LogP contribution in [0.4, 0.5) is 0 Å². The molecule has 1 unspecified atom stereocenters. The van der Waals surface area contributed by atoms with E-state index in [1.165, 1.54) is 4.90 Å². The van der Waals surface area contributed by atoms with Crippen LogP contribution in [0.5, 0.6) is 0 Å². The minimum Gasteiger partial charge on any atom is -0.458 e. The number of allylic oxidation sites excluding steroid dienone is 2. The van der Waals surface area contributed by atoms with Crippen LogP contribution in [-0.4, -0.2) is 40.7 Å². The molecule has 0 aromatic carbocycles. The normalized spacial score (nSPS) is 19.2. The minimum atomic E-state index is -0.690. The molecule has 1 heterocycles. The molecule has 0 aliphatic carbocycles. The molecular weight excluding hydrogens is 318 g/mol. The van der Waals surface area contributed by atoms with Crippen molar-refractivity contribution in [3.05, 3.63) is 12.2 Å². The van der Waals surface area contributed by atoms with Gasteiger partial charge >= 0.3 is 5.97 Å². The van der Waals surface area contributed by atoms with E-state index in [1.54, 1.807) is 6.92 Å². The second kappa shape index (κ2) is 9.73. The van der Waals surface area contributed by atoms with E-state index in [2.05, 4.69) is 6.08 Å². The van der Waals surface area contributed by atoms with Crippen molar-refractivity contribution in [1.29, 1.82) is 0 Å². The number of carbonyl (C=O) groups excluding carboxylic acids is 3. The Morgan fingerprint density at radius 2 is 1.92 bits per heavy atom. The molecule has 5 heteroatoms. The molecule has 1 aliphatic heterocycles. The Morgan fingerprint density at radius 1 is 1.24 bits per heavy atom. The maximum atomic E-state index is 12.7. The average Bonchev–Trinajstić information content (AvgIpc) is 3.01. The molecule has 2 atom stereocenters. The fourth-order valence-corrected chi connectivity index (χ4v) is 2.98. The van der Waals surface area contributed by atoms with Gasteiger partial charge in [0.2, 0.25) is 5.91 Å². The zero-order chi connectivity index (χ0) is 19.0. The summed E-state index contributed by atoms with van der Waals surface area (Å²) in [6, 6.07) is -0.559. The van der Waals surface area contributed by atoms with E-state index < -0.39 is 17.6 Å². The molecule has 0 spiro atoms. The molecule has 25 heavy (non-hydrogen) atoms. The van der Waals surface area contributed by atoms with Gasteiger partial charge in [0.25, 0.3) is 0 Å². The monoisotopic (exact) mass is 351 g/mol. The molecule has 0 radical (unpaired) electrons. The highest BCUT2D eigenvalue weighted by molar-refractivity contribution is 6.02. The van der Waals surface area contributed by atoms with Gasteiger partial charge in [0.1, 0.15) is 17.4 Å². The fourth-order valence-electron chi connectivity index (χ4n) is 2.98. The first-order valence-electron chi connectivity index (χ1n) is 9.34. The summed E-state index contributed by atoms with van der Waals surface area (Å²) in [4.78, 5) is 38.9. The molecule has 1 aliphatic rings. The van der Waals surface area contributed by atoms with Gasteiger partial charge in [-0.3, -0.25) is 9.59 Å². The van der Waals surface area contributed by atoms with Crippen LogP contribution < -0.4 is 0 Å². The molecular formula is C20H33NO4. The Kier molecular flexibility index (Phi) is 8.33. The van der Waals surface area contributed by atoms with Crippen molar-refractivity contribution in [3.8, 4) is 0 Å². The van der Waals surface area contributed by atoms with Crippen LogP contribution in [0.3, 0.4) is 0 Å². The first kappa shape index (κ1) is 21.4. The predicted molar refractivity (Wildman–Crippen MR) is 98.0 cm³/mol. The summed E-state index contributed by atoms with van der Waals surface area (Å²) < 4.78 is 5.42. The Balaban J connectivity index is 2.58. The van der Waals surface area contributed by atoms with E-state index in [9.17, 15) is 14.4 Å². The van der Waals surface area contributed by atoms with Gasteiger partial charge in [0.05, 0.1) is 5.92 Å². The molecule has 1 fully saturated rings. The summed E-state index contributed by atoms with van der Waals surface area (Å²) in [6.07, 6.45) is 8.55. The van der Waals surface area contributed by atoms with E-state index in [0.29, 0.717) is 19.4 Å². The van der Waals surface area contributed by atoms with Crippen LogP contribution >= 0.6 is 0 Å². The van der Waals surface area contributed by atoms with E-state index >= 15 is 0 Å². The maximum Gasteiger partial charge on any atom is 0.329 e. The summed E-state index contributed by atoms with van der Waals surface area (Å²) in [7, 11) is 0. The number of likely N-dealkylation sites (tertiary alicyclic amines) is 1. The SMILES string of the molecule is C/C=C/CCCCC(=O)C(C)C(=O)N1CCC[C@H]1C(=O)OC(C)(C)C. The second-order valence-electron chi connectivity index (χ2n) is 7.73. The highest BCUT2D eigenvalue weighted by Crippen LogP contribution is 2.24. The number of unbranched alkanes of at least 4 members (excludes halogenated alkanes) is 2. The number of hydrogen-bond acceptors (Lipinski definition) is 4. The van der Waals surface area contributed by atoms with E-state index in [4.69, 9.17) is 4.74 Å². The molecule has 5 nitrogen and oxygen atoms in total. The average molecular weight is 351 g/mol. The third kappa shape index (κ3) is 7.00. The predicted octanol–water partition coefficient (Wildman–Crippen LogP) is 3.66. The highest BCUT2D eigenvalue weighted by atomic mass is 16.6. The topological polar surface area (TPSA) is 63.7 Å². The molecule has 0 bridgehead atoms. The number of rotatable bonds is 8. The van der Waals surface area contributed by atoms with Crippen molar-refractivity contribution in [2.45, 2.75) is 84.8 Å². The third-order valence-electron chi connectivity index (χ3n) is 4.35. The number of amides is 1. The second-order valence-corrected chi connectivity index (χ2v) is 7.73. The zero-order valence-electron chi connectivity index (χ0n) is 16.3. The quantitative estimate of drug-likeness (QED) is 0.290. The van der Waals surface area contributed by atoms with Crippen LogP contribution in [-0.2, 0) is 19.1 Å². The van der Waals surface area contributed by atoms with Crippen molar-refractivity contribution in [2.24, 2.45) is 5.92 Å². The van der Waals surface area contributed by atoms with Crippen molar-refractivity contribution >= 4 is 17.7 Å². The molecule has 0 aromatic rings. The molecule has 142 valence electrons. The summed E-state index contributed by atoms with van der Waals surface area (Å²) in [5.41, 5.74) is -0.581. The van der Waals surface area contributed by atoms with Crippen LogP contribution in [0, 0.1) is 5.92 Å². The number of esters is 1. The van der Waals surface area contributed by atoms with Gasteiger partial charge in [-0.1, -0.05) is 12.2 Å². The van der Waals surface area contributed by atoms with E-state index in [0.717, 1.165) is 25.7 Å². The van der Waals surface area contributed by atoms with Crippen molar-refractivity contribution in [3.63, 3.8) is 0 Å². The number of carbonyl (C=O) groups is 3. The van der Waals surface area contributed by atoms with Crippen LogP contribution in [0.25, 0.3) is 0 Å². The van der Waals surface area contributed by atoms with Gasteiger partial charge in [-0.05, 0) is 66.7 Å². The first-order valence-corrected chi connectivity index (χ1v) is 9.34. The Bertz CT molecular complexity index is 504. The van der Waals surface area contributed by atoms with E-state index in [-0.39, 0.29) is 17.7 Å². The van der Waals surface area contributed by atoms with Crippen molar-refractivity contribution in [2.75, 3.05) is 6.54 Å². The highest BCUT2D eigenvalue weighted by Gasteiger charge is 2.39. The number of ether oxygens (including phenoxy) is 1. The Hall–Kier alpha value is -1.65. The smallest absolute Gasteiger partial charge is 0.329 e. The minimum absolute atomic E-state index is 0.0414. The standard InChI is InChI=1S/C20H33NO4/c1-6-7-8-9-10-13-17(22)15(2)18(23)21-14-11-12-16(21)19(24)25-20(3,4)5/h6-7,15-16H,8-14H2,1-5H3/b7-6+/t15?,16-/m0/s1. The zero-order valence-corrected chi connectivity index (χ0v) is 16.3. The van der Waals surface area contributed by atoms with Crippen molar-refractivity contribution in [1.82, 2.24) is 4.90 Å². The number of nitrogens with zero attached hydrogens (tertiary/aromatic N) is 1. The fraction of sp³-hybridized carbons (Fsp3) is 0.750. The van der Waals surface area contributed by atoms with E-state index in [1.807, 2.05) is 33.8 Å². The van der Waals surface area contributed by atoms with Gasteiger partial charge in [0.15, 0.2) is 0 Å². The van der Waals surface area contributed by atoms with Crippen LogP contribution in [0.1, 0.15) is 73.1 Å². The summed E-state index contributed by atoms with van der Waals surface area (Å²) >= 11 is 0. The Labute approximate surface area is 151 Å².